The number of ether oxygens (including phenoxy) is 2. The van der Waals surface area contributed by atoms with Gasteiger partial charge in [0, 0.05) is 12.5 Å². The summed E-state index contributed by atoms with van der Waals surface area (Å²) in [5.41, 5.74) is 0. The molecule has 3 rings (SSSR count). The van der Waals surface area contributed by atoms with Crippen LogP contribution in [0.1, 0.15) is 33.6 Å². The predicted octanol–water partition coefficient (Wildman–Crippen LogP) is 3.20. The Morgan fingerprint density at radius 1 is 1.09 bits per heavy atom. The van der Waals surface area contributed by atoms with Crippen molar-refractivity contribution in [1.29, 1.82) is 0 Å². The fourth-order valence-corrected chi connectivity index (χ4v) is 9.07. The van der Waals surface area contributed by atoms with E-state index in [2.05, 4.69) is 74.0 Å². The first-order valence-electron chi connectivity index (χ1n) is 11.1. The molecular weight excluding hydrogens is 420 g/mol. The lowest BCUT2D eigenvalue weighted by molar-refractivity contribution is -0.134. The Kier molecular flexibility index (Phi) is 8.06. The van der Waals surface area contributed by atoms with Gasteiger partial charge in [-0.2, -0.15) is 0 Å². The minimum atomic E-state index is -2.64. The molecule has 32 heavy (non-hydrogen) atoms. The van der Waals surface area contributed by atoms with Crippen LogP contribution in [0.25, 0.3) is 0 Å². The molecule has 0 amide bonds. The predicted molar refractivity (Wildman–Crippen MR) is 129 cm³/mol. The standard InChI is InChI=1S/C26H34O5Si/c1-26(2,3)32(21-12-7-5-8-13-21,22-14-9-6-10-15-22)30-19-20-18-23(27)24(31-20)16-11-17-25(28)29-4/h5-15,17,20,23-24,27H,16,18-19H2,1-4H3/b17-11+/t20-,23-,24-/m0/s1. The minimum Gasteiger partial charge on any atom is -0.466 e. The molecule has 0 aliphatic carbocycles. The molecule has 0 radical (unpaired) electrons. The maximum atomic E-state index is 11.3. The van der Waals surface area contributed by atoms with Gasteiger partial charge in [-0.25, -0.2) is 4.79 Å². The van der Waals surface area contributed by atoms with Gasteiger partial charge < -0.3 is 19.0 Å². The smallest absolute Gasteiger partial charge is 0.330 e. The fourth-order valence-electron chi connectivity index (χ4n) is 4.48. The number of hydrogen-bond donors (Lipinski definition) is 1. The second-order valence-corrected chi connectivity index (χ2v) is 13.5. The van der Waals surface area contributed by atoms with Gasteiger partial charge in [0.25, 0.3) is 8.32 Å². The molecule has 1 saturated heterocycles. The van der Waals surface area contributed by atoms with Crippen molar-refractivity contribution in [2.75, 3.05) is 13.7 Å². The second kappa shape index (κ2) is 10.6. The van der Waals surface area contributed by atoms with E-state index in [1.165, 1.54) is 23.6 Å². The summed E-state index contributed by atoms with van der Waals surface area (Å²) in [7, 11) is -1.30. The van der Waals surface area contributed by atoms with E-state index in [1.54, 1.807) is 6.08 Å². The van der Waals surface area contributed by atoms with Gasteiger partial charge in [0.05, 0.1) is 32.0 Å². The summed E-state index contributed by atoms with van der Waals surface area (Å²) in [6, 6.07) is 21.0. The number of methoxy groups -OCH3 is 1. The minimum absolute atomic E-state index is 0.115. The molecule has 1 aliphatic heterocycles. The summed E-state index contributed by atoms with van der Waals surface area (Å²) >= 11 is 0. The van der Waals surface area contributed by atoms with Crippen molar-refractivity contribution in [1.82, 2.24) is 0 Å². The molecule has 1 N–H and O–H groups in total. The number of aliphatic hydroxyl groups is 1. The zero-order valence-corrected chi connectivity index (χ0v) is 20.4. The van der Waals surface area contributed by atoms with Crippen LogP contribution in [-0.4, -0.2) is 51.4 Å². The van der Waals surface area contributed by atoms with Gasteiger partial charge in [0.2, 0.25) is 0 Å². The lowest BCUT2D eigenvalue weighted by Crippen LogP contribution is -2.67. The first-order chi connectivity index (χ1) is 15.3. The number of hydrogen-bond acceptors (Lipinski definition) is 5. The van der Waals surface area contributed by atoms with Crippen LogP contribution in [0.4, 0.5) is 0 Å². The topological polar surface area (TPSA) is 65.0 Å². The first kappa shape index (κ1) is 24.4. The third-order valence-electron chi connectivity index (χ3n) is 6.03. The lowest BCUT2D eigenvalue weighted by Gasteiger charge is -2.43. The third-order valence-corrected chi connectivity index (χ3v) is 11.0. The quantitative estimate of drug-likeness (QED) is 0.377. The van der Waals surface area contributed by atoms with Gasteiger partial charge in [-0.05, 0) is 21.8 Å². The van der Waals surface area contributed by atoms with Crippen LogP contribution < -0.4 is 10.4 Å². The highest BCUT2D eigenvalue weighted by molar-refractivity contribution is 6.99. The summed E-state index contributed by atoms with van der Waals surface area (Å²) < 4.78 is 17.6. The molecule has 0 saturated carbocycles. The molecule has 1 aliphatic rings. The van der Waals surface area contributed by atoms with Crippen molar-refractivity contribution in [3.05, 3.63) is 72.8 Å². The van der Waals surface area contributed by atoms with E-state index < -0.39 is 20.4 Å². The van der Waals surface area contributed by atoms with Gasteiger partial charge in [-0.1, -0.05) is 87.5 Å². The molecule has 6 heteroatoms. The van der Waals surface area contributed by atoms with Crippen LogP contribution in [0, 0.1) is 0 Å². The molecule has 2 aromatic rings. The van der Waals surface area contributed by atoms with E-state index in [9.17, 15) is 9.90 Å². The number of carbonyl (C=O) groups excluding carboxylic acids is 1. The van der Waals surface area contributed by atoms with E-state index in [0.717, 1.165) is 0 Å². The van der Waals surface area contributed by atoms with Crippen LogP contribution in [0.3, 0.4) is 0 Å². The second-order valence-electron chi connectivity index (χ2n) is 9.24. The summed E-state index contributed by atoms with van der Waals surface area (Å²) in [6.07, 6.45) is 2.85. The van der Waals surface area contributed by atoms with Crippen molar-refractivity contribution >= 4 is 24.7 Å². The van der Waals surface area contributed by atoms with Crippen molar-refractivity contribution < 1.29 is 23.8 Å². The molecule has 5 nitrogen and oxygen atoms in total. The summed E-state index contributed by atoms with van der Waals surface area (Å²) in [6.45, 7) is 7.12. The average Bonchev–Trinajstić information content (AvgIpc) is 3.14. The maximum Gasteiger partial charge on any atom is 0.330 e. The summed E-state index contributed by atoms with van der Waals surface area (Å²) in [5, 5.41) is 12.8. The Morgan fingerprint density at radius 2 is 1.66 bits per heavy atom. The van der Waals surface area contributed by atoms with E-state index in [4.69, 9.17) is 9.16 Å². The number of esters is 1. The molecule has 172 valence electrons. The van der Waals surface area contributed by atoms with Crippen LogP contribution >= 0.6 is 0 Å². The lowest BCUT2D eigenvalue weighted by atomic mass is 10.1. The summed E-state index contributed by atoms with van der Waals surface area (Å²) in [5.74, 6) is -0.413. The van der Waals surface area contributed by atoms with Crippen LogP contribution in [0.5, 0.6) is 0 Å². The van der Waals surface area contributed by atoms with E-state index in [0.29, 0.717) is 19.4 Å². The molecule has 0 spiro atoms. The Morgan fingerprint density at radius 3 is 2.16 bits per heavy atom. The SMILES string of the molecule is COC(=O)/C=C/C[C@@H]1O[C@H](CO[Si](c2ccccc2)(c2ccccc2)C(C)(C)C)C[C@@H]1O. The Bertz CT molecular complexity index is 852. The average molecular weight is 455 g/mol. The number of benzene rings is 2. The molecule has 1 heterocycles. The normalized spacial score (nSPS) is 21.7. The number of rotatable bonds is 8. The molecule has 0 unspecified atom stereocenters. The molecule has 2 aromatic carbocycles. The van der Waals surface area contributed by atoms with E-state index in [1.807, 2.05) is 12.1 Å². The molecule has 0 bridgehead atoms. The van der Waals surface area contributed by atoms with Gasteiger partial charge in [-0.3, -0.25) is 0 Å². The maximum absolute atomic E-state index is 11.3. The Balaban J connectivity index is 1.81. The number of aliphatic hydroxyl groups excluding tert-OH is 1. The highest BCUT2D eigenvalue weighted by Crippen LogP contribution is 2.37. The van der Waals surface area contributed by atoms with Crippen LogP contribution in [0.15, 0.2) is 72.8 Å². The molecule has 0 aromatic heterocycles. The zero-order chi connectivity index (χ0) is 23.2. The van der Waals surface area contributed by atoms with Crippen LogP contribution in [-0.2, 0) is 18.7 Å². The largest absolute Gasteiger partial charge is 0.466 e. The van der Waals surface area contributed by atoms with Crippen molar-refractivity contribution in [3.63, 3.8) is 0 Å². The molecule has 1 fully saturated rings. The van der Waals surface area contributed by atoms with E-state index >= 15 is 0 Å². The fraction of sp³-hybridized carbons (Fsp3) is 0.423. The monoisotopic (exact) mass is 454 g/mol. The summed E-state index contributed by atoms with van der Waals surface area (Å²) in [4.78, 5) is 11.3. The Hall–Kier alpha value is -2.25. The zero-order valence-electron chi connectivity index (χ0n) is 19.4. The highest BCUT2D eigenvalue weighted by atomic mass is 28.4. The van der Waals surface area contributed by atoms with Crippen molar-refractivity contribution in [3.8, 4) is 0 Å². The molecular formula is C26H34O5Si. The highest BCUT2D eigenvalue weighted by Gasteiger charge is 2.50. The van der Waals surface area contributed by atoms with Gasteiger partial charge in [0.15, 0.2) is 0 Å². The van der Waals surface area contributed by atoms with Crippen molar-refractivity contribution in [2.45, 2.75) is 57.0 Å². The first-order valence-corrected chi connectivity index (χ1v) is 13.0. The molecule has 3 atom stereocenters. The third kappa shape index (κ3) is 5.38. The number of carbonyl (C=O) groups is 1. The van der Waals surface area contributed by atoms with Crippen molar-refractivity contribution in [2.24, 2.45) is 0 Å². The van der Waals surface area contributed by atoms with E-state index in [-0.39, 0.29) is 17.2 Å². The Labute approximate surface area is 192 Å². The van der Waals surface area contributed by atoms with Gasteiger partial charge in [-0.15, -0.1) is 0 Å². The van der Waals surface area contributed by atoms with Gasteiger partial charge >= 0.3 is 5.97 Å². The van der Waals surface area contributed by atoms with Crippen LogP contribution in [0.2, 0.25) is 5.04 Å². The van der Waals surface area contributed by atoms with Gasteiger partial charge in [0.1, 0.15) is 0 Å².